The third kappa shape index (κ3) is 1.40. The molecule has 0 aliphatic heterocycles. The zero-order valence-corrected chi connectivity index (χ0v) is 10.9. The van der Waals surface area contributed by atoms with Crippen molar-refractivity contribution in [3.05, 3.63) is 29.8 Å². The Kier molecular flexibility index (Phi) is 2.61. The van der Waals surface area contributed by atoms with E-state index in [4.69, 9.17) is 4.74 Å². The molecular formula is C15H18O4. The van der Waals surface area contributed by atoms with Crippen LogP contribution in [0.25, 0.3) is 0 Å². The van der Waals surface area contributed by atoms with Crippen LogP contribution in [0.2, 0.25) is 0 Å². The number of ether oxygens (including phenoxy) is 1. The molecule has 0 heterocycles. The number of carbonyl (C=O) groups is 1. The summed E-state index contributed by atoms with van der Waals surface area (Å²) >= 11 is 0. The molecule has 2 bridgehead atoms. The minimum Gasteiger partial charge on any atom is -0.497 e. The standard InChI is InChI=1S/C15H18O4/c1-19-12-4-2-10(3-5-12)14-8-6-11(7-9-14)15(14,18)13(16)17/h2-5,11,18H,6-9H2,1H3,(H,16,17)/t11?,14?,15-/m0/s1. The molecule has 2 N–H and O–H groups in total. The van der Waals surface area contributed by atoms with Gasteiger partial charge in [-0.25, -0.2) is 4.79 Å². The molecule has 1 aromatic carbocycles. The maximum atomic E-state index is 11.6. The molecule has 0 unspecified atom stereocenters. The molecule has 1 atom stereocenters. The Labute approximate surface area is 112 Å². The summed E-state index contributed by atoms with van der Waals surface area (Å²) < 4.78 is 5.13. The molecule has 4 heteroatoms. The van der Waals surface area contributed by atoms with E-state index in [1.54, 1.807) is 7.11 Å². The number of carboxylic acids is 1. The first-order valence-electron chi connectivity index (χ1n) is 6.65. The van der Waals surface area contributed by atoms with E-state index in [0.717, 1.165) is 37.0 Å². The van der Waals surface area contributed by atoms with E-state index in [0.29, 0.717) is 0 Å². The molecule has 0 spiro atoms. The van der Waals surface area contributed by atoms with Crippen molar-refractivity contribution >= 4 is 5.97 Å². The number of aliphatic carboxylic acids is 1. The van der Waals surface area contributed by atoms with Gasteiger partial charge in [-0.15, -0.1) is 0 Å². The summed E-state index contributed by atoms with van der Waals surface area (Å²) in [6.45, 7) is 0. The van der Waals surface area contributed by atoms with Crippen LogP contribution in [0.4, 0.5) is 0 Å². The molecule has 3 rings (SSSR count). The number of fused-ring (bicyclic) bond motifs is 2. The molecular weight excluding hydrogens is 244 g/mol. The summed E-state index contributed by atoms with van der Waals surface area (Å²) in [5.74, 6) is -0.457. The minimum atomic E-state index is -1.61. The first-order chi connectivity index (χ1) is 9.04. The molecule has 2 aliphatic rings. The Morgan fingerprint density at radius 1 is 1.26 bits per heavy atom. The van der Waals surface area contributed by atoms with Gasteiger partial charge in [0.15, 0.2) is 5.60 Å². The van der Waals surface area contributed by atoms with Gasteiger partial charge in [0, 0.05) is 5.41 Å². The number of carboxylic acid groups (broad SMARTS) is 1. The van der Waals surface area contributed by atoms with Crippen LogP contribution in [0.5, 0.6) is 5.75 Å². The van der Waals surface area contributed by atoms with Gasteiger partial charge in [-0.2, -0.15) is 0 Å². The van der Waals surface area contributed by atoms with E-state index in [9.17, 15) is 15.0 Å². The molecule has 1 aromatic rings. The monoisotopic (exact) mass is 262 g/mol. The fraction of sp³-hybridized carbons (Fsp3) is 0.533. The zero-order valence-electron chi connectivity index (χ0n) is 10.9. The highest BCUT2D eigenvalue weighted by Gasteiger charge is 2.68. The van der Waals surface area contributed by atoms with Crippen molar-refractivity contribution in [1.82, 2.24) is 0 Å². The Bertz CT molecular complexity index is 499. The van der Waals surface area contributed by atoms with E-state index < -0.39 is 17.0 Å². The van der Waals surface area contributed by atoms with Crippen LogP contribution in [0, 0.1) is 5.92 Å². The van der Waals surface area contributed by atoms with Crippen LogP contribution in [0.15, 0.2) is 24.3 Å². The second kappa shape index (κ2) is 3.97. The average Bonchev–Trinajstić information content (AvgIpc) is 2.90. The Balaban J connectivity index is 2.08. The SMILES string of the molecule is COc1ccc(C23CCC(CC2)[C@]3(O)C(=O)O)cc1. The van der Waals surface area contributed by atoms with Crippen molar-refractivity contribution in [2.24, 2.45) is 5.92 Å². The molecule has 4 nitrogen and oxygen atoms in total. The summed E-state index contributed by atoms with van der Waals surface area (Å²) in [6, 6.07) is 7.44. The maximum Gasteiger partial charge on any atom is 0.336 e. The molecule has 0 amide bonds. The van der Waals surface area contributed by atoms with E-state index in [2.05, 4.69) is 0 Å². The normalized spacial score (nSPS) is 36.4. The number of hydrogen-bond donors (Lipinski definition) is 2. The van der Waals surface area contributed by atoms with Gasteiger partial charge in [-0.1, -0.05) is 12.1 Å². The van der Waals surface area contributed by atoms with Crippen molar-refractivity contribution in [1.29, 1.82) is 0 Å². The third-order valence-corrected chi connectivity index (χ3v) is 5.13. The van der Waals surface area contributed by atoms with Crippen molar-refractivity contribution in [3.63, 3.8) is 0 Å². The van der Waals surface area contributed by atoms with Gasteiger partial charge in [0.05, 0.1) is 7.11 Å². The lowest BCUT2D eigenvalue weighted by Crippen LogP contribution is -2.52. The van der Waals surface area contributed by atoms with E-state index in [-0.39, 0.29) is 5.92 Å². The van der Waals surface area contributed by atoms with Crippen LogP contribution < -0.4 is 4.74 Å². The number of hydrogen-bond acceptors (Lipinski definition) is 3. The highest BCUT2D eigenvalue weighted by molar-refractivity contribution is 5.82. The topological polar surface area (TPSA) is 66.8 Å². The Morgan fingerprint density at radius 2 is 1.84 bits per heavy atom. The summed E-state index contributed by atoms with van der Waals surface area (Å²) in [5, 5.41) is 20.3. The molecule has 19 heavy (non-hydrogen) atoms. The van der Waals surface area contributed by atoms with Gasteiger partial charge in [-0.05, 0) is 49.3 Å². The summed E-state index contributed by atoms with van der Waals surface area (Å²) in [5.41, 5.74) is -1.32. The Hall–Kier alpha value is -1.55. The first-order valence-corrected chi connectivity index (χ1v) is 6.65. The lowest BCUT2D eigenvalue weighted by molar-refractivity contribution is -0.166. The highest BCUT2D eigenvalue weighted by atomic mass is 16.5. The highest BCUT2D eigenvalue weighted by Crippen LogP contribution is 2.61. The van der Waals surface area contributed by atoms with Gasteiger partial charge < -0.3 is 14.9 Å². The van der Waals surface area contributed by atoms with Gasteiger partial charge in [0.2, 0.25) is 0 Å². The van der Waals surface area contributed by atoms with Crippen LogP contribution in [-0.2, 0) is 10.2 Å². The smallest absolute Gasteiger partial charge is 0.336 e. The predicted molar refractivity (Wildman–Crippen MR) is 69.2 cm³/mol. The van der Waals surface area contributed by atoms with Crippen LogP contribution >= 0.6 is 0 Å². The lowest BCUT2D eigenvalue weighted by Gasteiger charge is -2.36. The number of methoxy groups -OCH3 is 1. The first kappa shape index (κ1) is 12.5. The van der Waals surface area contributed by atoms with Crippen molar-refractivity contribution < 1.29 is 19.7 Å². The fourth-order valence-electron chi connectivity index (χ4n) is 4.10. The van der Waals surface area contributed by atoms with Gasteiger partial charge >= 0.3 is 5.97 Å². The summed E-state index contributed by atoms with van der Waals surface area (Å²) in [7, 11) is 1.60. The van der Waals surface area contributed by atoms with E-state index in [1.807, 2.05) is 24.3 Å². The van der Waals surface area contributed by atoms with Crippen molar-refractivity contribution in [3.8, 4) is 5.75 Å². The molecule has 0 radical (unpaired) electrons. The molecule has 2 saturated carbocycles. The van der Waals surface area contributed by atoms with E-state index >= 15 is 0 Å². The quantitative estimate of drug-likeness (QED) is 0.873. The largest absolute Gasteiger partial charge is 0.497 e. The molecule has 0 aromatic heterocycles. The Morgan fingerprint density at radius 3 is 2.32 bits per heavy atom. The minimum absolute atomic E-state index is 0.118. The lowest BCUT2D eigenvalue weighted by atomic mass is 9.70. The molecule has 0 saturated heterocycles. The van der Waals surface area contributed by atoms with Crippen LogP contribution in [0.1, 0.15) is 31.2 Å². The summed E-state index contributed by atoms with van der Waals surface area (Å²) in [6.07, 6.45) is 3.06. The zero-order chi connectivity index (χ0) is 13.7. The van der Waals surface area contributed by atoms with E-state index in [1.165, 1.54) is 0 Å². The van der Waals surface area contributed by atoms with Crippen molar-refractivity contribution in [2.75, 3.05) is 7.11 Å². The molecule has 2 fully saturated rings. The average molecular weight is 262 g/mol. The molecule has 102 valence electrons. The third-order valence-electron chi connectivity index (χ3n) is 5.13. The van der Waals surface area contributed by atoms with Crippen LogP contribution in [-0.4, -0.2) is 28.9 Å². The predicted octanol–water partition coefficient (Wildman–Crippen LogP) is 1.95. The fourth-order valence-corrected chi connectivity index (χ4v) is 4.10. The number of aliphatic hydroxyl groups is 1. The second-order valence-corrected chi connectivity index (χ2v) is 5.66. The van der Waals surface area contributed by atoms with Gasteiger partial charge in [0.1, 0.15) is 5.75 Å². The maximum absolute atomic E-state index is 11.6. The van der Waals surface area contributed by atoms with Gasteiger partial charge in [0.25, 0.3) is 0 Å². The number of benzene rings is 1. The summed E-state index contributed by atoms with van der Waals surface area (Å²) in [4.78, 5) is 11.6. The van der Waals surface area contributed by atoms with Crippen LogP contribution in [0.3, 0.4) is 0 Å². The number of rotatable bonds is 3. The van der Waals surface area contributed by atoms with Gasteiger partial charge in [-0.3, -0.25) is 0 Å². The molecule has 2 aliphatic carbocycles. The second-order valence-electron chi connectivity index (χ2n) is 5.66. The van der Waals surface area contributed by atoms with Crippen molar-refractivity contribution in [2.45, 2.75) is 36.7 Å².